The molecule has 0 aromatic carbocycles. The number of nitrogens with zero attached hydrogens (tertiary/aromatic N) is 1. The molecule has 7 heteroatoms. The molecule has 0 N–H and O–H groups in total. The second-order valence-electron chi connectivity index (χ2n) is 11.1. The van der Waals surface area contributed by atoms with Crippen molar-refractivity contribution in [1.29, 1.82) is 0 Å². The van der Waals surface area contributed by atoms with Gasteiger partial charge in [-0.3, -0.25) is 0 Å². The van der Waals surface area contributed by atoms with Crippen molar-refractivity contribution in [3.63, 3.8) is 0 Å². The highest BCUT2D eigenvalue weighted by atomic mass is 31.2. The van der Waals surface area contributed by atoms with Gasteiger partial charge in [0.05, 0.1) is 34.4 Å². The Balaban J connectivity index is 3.64. The molecule has 0 aliphatic carbocycles. The van der Waals surface area contributed by atoms with Crippen LogP contribution in [0.25, 0.3) is 0 Å². The summed E-state index contributed by atoms with van der Waals surface area (Å²) in [6, 6.07) is 0. The van der Waals surface area contributed by atoms with E-state index in [9.17, 15) is 9.46 Å². The van der Waals surface area contributed by atoms with Crippen LogP contribution in [-0.2, 0) is 18.6 Å². The zero-order chi connectivity index (χ0) is 27.1. The number of hydrogen-bond acceptors (Lipinski definition) is 5. The lowest BCUT2D eigenvalue weighted by Gasteiger charge is -2.41. The van der Waals surface area contributed by atoms with Gasteiger partial charge >= 0.3 is 0 Å². The molecular weight excluding hydrogens is 473 g/mol. The van der Waals surface area contributed by atoms with Crippen LogP contribution in [0, 0.1) is 0 Å². The van der Waals surface area contributed by atoms with Crippen LogP contribution in [0.3, 0.4) is 0 Å². The van der Waals surface area contributed by atoms with Crippen LogP contribution in [0.5, 0.6) is 0 Å². The van der Waals surface area contributed by atoms with Gasteiger partial charge in [-0.2, -0.15) is 0 Å². The summed E-state index contributed by atoms with van der Waals surface area (Å²) in [6.45, 7) is 5.17. The maximum atomic E-state index is 12.6. The Bertz CT molecular complexity index is 564. The van der Waals surface area contributed by atoms with Gasteiger partial charge in [-0.05, 0) is 32.1 Å². The van der Waals surface area contributed by atoms with E-state index in [-0.39, 0.29) is 12.7 Å². The van der Waals surface area contributed by atoms with Gasteiger partial charge in [0.1, 0.15) is 6.10 Å². The summed E-state index contributed by atoms with van der Waals surface area (Å²) in [5.74, 6) is -0.567. The predicted molar refractivity (Wildman–Crippen MR) is 151 cm³/mol. The molecule has 0 aliphatic heterocycles. The van der Waals surface area contributed by atoms with E-state index in [1.54, 1.807) is 7.11 Å². The molecule has 2 unspecified atom stereocenters. The fourth-order valence-electron chi connectivity index (χ4n) is 4.50. The molecule has 0 saturated heterocycles. The molecule has 0 amide bonds. The van der Waals surface area contributed by atoms with Crippen molar-refractivity contribution < 1.29 is 27.9 Å². The molecule has 0 saturated carbocycles. The Morgan fingerprint density at radius 1 is 0.778 bits per heavy atom. The van der Waals surface area contributed by atoms with Crippen LogP contribution in [0.2, 0.25) is 0 Å². The summed E-state index contributed by atoms with van der Waals surface area (Å²) in [5, 5.41) is 0. The van der Waals surface area contributed by atoms with Gasteiger partial charge in [0.15, 0.2) is 13.4 Å². The van der Waals surface area contributed by atoms with Gasteiger partial charge in [0.25, 0.3) is 0 Å². The first-order chi connectivity index (χ1) is 17.2. The van der Waals surface area contributed by atoms with E-state index in [0.29, 0.717) is 24.1 Å². The summed E-state index contributed by atoms with van der Waals surface area (Å²) in [4.78, 5) is 12.6. The van der Waals surface area contributed by atoms with E-state index in [2.05, 4.69) is 19.1 Å². The quantitative estimate of drug-likeness (QED) is 0.0500. The van der Waals surface area contributed by atoms with Crippen LogP contribution in [0.15, 0.2) is 12.2 Å². The van der Waals surface area contributed by atoms with Crippen molar-refractivity contribution in [3.8, 4) is 0 Å². The lowest BCUT2D eigenvalue weighted by atomic mass is 10.1. The first-order valence-corrected chi connectivity index (χ1v) is 16.3. The number of hydrogen-bond donors (Lipinski definition) is 0. The van der Waals surface area contributed by atoms with E-state index in [4.69, 9.17) is 14.0 Å². The van der Waals surface area contributed by atoms with Crippen LogP contribution >= 0.6 is 7.60 Å². The first kappa shape index (κ1) is 35.8. The van der Waals surface area contributed by atoms with Gasteiger partial charge in [-0.15, -0.1) is 0 Å². The van der Waals surface area contributed by atoms with Gasteiger partial charge < -0.3 is 27.9 Å². The Morgan fingerprint density at radius 3 is 1.75 bits per heavy atom. The molecule has 3 atom stereocenters. The van der Waals surface area contributed by atoms with Crippen LogP contribution in [0.4, 0.5) is 0 Å². The number of allylic oxidation sites excluding steroid dienone is 2. The number of rotatable bonds is 26. The second-order valence-corrected chi connectivity index (χ2v) is 13.0. The summed E-state index contributed by atoms with van der Waals surface area (Å²) in [5.41, 5.74) is 0. The highest BCUT2D eigenvalue weighted by Gasteiger charge is 2.34. The van der Waals surface area contributed by atoms with Crippen molar-refractivity contribution in [2.45, 2.75) is 128 Å². The summed E-state index contributed by atoms with van der Waals surface area (Å²) in [7, 11) is 3.19. The smallest absolute Gasteiger partial charge is 0.193 e. The van der Waals surface area contributed by atoms with Crippen LogP contribution in [-0.4, -0.2) is 64.4 Å². The van der Waals surface area contributed by atoms with E-state index in [1.165, 1.54) is 89.9 Å². The first-order valence-electron chi connectivity index (χ1n) is 14.7. The minimum absolute atomic E-state index is 0.00309. The lowest BCUT2D eigenvalue weighted by Crippen LogP contribution is -2.47. The van der Waals surface area contributed by atoms with E-state index in [1.807, 2.05) is 28.1 Å². The Labute approximate surface area is 224 Å². The Morgan fingerprint density at radius 2 is 1.28 bits per heavy atom. The standard InChI is InChI=1S/C29H60NO5P/c1-7-9-10-11-12-13-14-15-16-17-18-19-20-21-22-23-24-25-34-26-28(33-6)27-35-36(31,32)29(8-2)30(3,4)5/h13-14,28-29H,7-12,15-27H2,1-6H3/b14-13-/t28-,29?/m1/s1. The minimum Gasteiger partial charge on any atom is -0.774 e. The number of methoxy groups -OCH3 is 1. The van der Waals surface area contributed by atoms with Gasteiger partial charge in [-0.25, -0.2) is 0 Å². The SMILES string of the molecule is CCCCCC/C=C\CCCCCCCCCCCOC[C@H](COP(=O)([O-])C(CC)[N+](C)(C)C)OC. The molecule has 0 radical (unpaired) electrons. The van der Waals surface area contributed by atoms with Crippen molar-refractivity contribution in [2.24, 2.45) is 0 Å². The largest absolute Gasteiger partial charge is 0.774 e. The zero-order valence-electron chi connectivity index (χ0n) is 24.7. The maximum Gasteiger partial charge on any atom is 0.193 e. The molecule has 0 fully saturated rings. The molecule has 0 heterocycles. The molecule has 6 nitrogen and oxygen atoms in total. The fraction of sp³-hybridized carbons (Fsp3) is 0.931. The van der Waals surface area contributed by atoms with E-state index in [0.717, 1.165) is 6.42 Å². The molecular formula is C29H60NO5P. The predicted octanol–water partition coefficient (Wildman–Crippen LogP) is 7.46. The van der Waals surface area contributed by atoms with Crippen LogP contribution in [0.1, 0.15) is 117 Å². The molecule has 216 valence electrons. The van der Waals surface area contributed by atoms with Crippen LogP contribution < -0.4 is 4.89 Å². The maximum absolute atomic E-state index is 12.6. The topological polar surface area (TPSA) is 67.8 Å². The van der Waals surface area contributed by atoms with E-state index < -0.39 is 13.4 Å². The third-order valence-corrected chi connectivity index (χ3v) is 9.05. The monoisotopic (exact) mass is 533 g/mol. The molecule has 0 rings (SSSR count). The van der Waals surface area contributed by atoms with E-state index >= 15 is 0 Å². The third kappa shape index (κ3) is 19.8. The second kappa shape index (κ2) is 22.7. The molecule has 0 aromatic rings. The zero-order valence-corrected chi connectivity index (χ0v) is 25.6. The lowest BCUT2D eigenvalue weighted by molar-refractivity contribution is -0.884. The van der Waals surface area contributed by atoms with Crippen molar-refractivity contribution >= 4 is 7.60 Å². The third-order valence-electron chi connectivity index (χ3n) is 6.75. The van der Waals surface area contributed by atoms with Crippen molar-refractivity contribution in [2.75, 3.05) is 48.1 Å². The molecule has 0 bridgehead atoms. The van der Waals surface area contributed by atoms with Gasteiger partial charge in [0, 0.05) is 20.1 Å². The average Bonchev–Trinajstić information content (AvgIpc) is 2.81. The average molecular weight is 534 g/mol. The molecule has 36 heavy (non-hydrogen) atoms. The minimum atomic E-state index is -3.99. The van der Waals surface area contributed by atoms with Crippen molar-refractivity contribution in [1.82, 2.24) is 0 Å². The van der Waals surface area contributed by atoms with Gasteiger partial charge in [0.2, 0.25) is 0 Å². The number of unbranched alkanes of at least 4 members (excludes halogenated alkanes) is 13. The number of ether oxygens (including phenoxy) is 2. The molecule has 0 spiro atoms. The normalized spacial score (nSPS) is 15.9. The Hall–Kier alpha value is -0.230. The molecule has 0 aromatic heterocycles. The highest BCUT2D eigenvalue weighted by Crippen LogP contribution is 2.47. The highest BCUT2D eigenvalue weighted by molar-refractivity contribution is 7.51. The fourth-order valence-corrected chi connectivity index (χ4v) is 6.34. The Kier molecular flexibility index (Phi) is 22.6. The molecule has 0 aliphatic rings. The van der Waals surface area contributed by atoms with Crippen molar-refractivity contribution in [3.05, 3.63) is 12.2 Å². The number of quaternary nitrogens is 1. The summed E-state index contributed by atoms with van der Waals surface area (Å²) >= 11 is 0. The van der Waals surface area contributed by atoms with Gasteiger partial charge in [-0.1, -0.05) is 90.2 Å². The summed E-state index contributed by atoms with van der Waals surface area (Å²) in [6.07, 6.45) is 24.3. The summed E-state index contributed by atoms with van der Waals surface area (Å²) < 4.78 is 29.3.